The molecular formula is C11H13N3O2S. The van der Waals surface area contributed by atoms with Crippen LogP contribution in [-0.4, -0.2) is 20.5 Å². The number of benzene rings is 1. The molecule has 0 heterocycles. The molecule has 5 nitrogen and oxygen atoms in total. The molecule has 0 bridgehead atoms. The van der Waals surface area contributed by atoms with Gasteiger partial charge in [0, 0.05) is 12.1 Å². The number of sulfonamides is 1. The number of nitrogens with zero attached hydrogens (tertiary/aromatic N) is 1. The van der Waals surface area contributed by atoms with Gasteiger partial charge in [-0.05, 0) is 37.1 Å². The number of nitriles is 1. The van der Waals surface area contributed by atoms with E-state index in [1.54, 1.807) is 6.92 Å². The van der Waals surface area contributed by atoms with E-state index >= 15 is 0 Å². The van der Waals surface area contributed by atoms with E-state index < -0.39 is 10.0 Å². The van der Waals surface area contributed by atoms with Gasteiger partial charge in [0.05, 0.1) is 16.5 Å². The number of aryl methyl sites for hydroxylation is 1. The van der Waals surface area contributed by atoms with Gasteiger partial charge in [-0.3, -0.25) is 0 Å². The molecule has 2 atom stereocenters. The zero-order valence-corrected chi connectivity index (χ0v) is 10.2. The Morgan fingerprint density at radius 1 is 1.53 bits per heavy atom. The average molecular weight is 251 g/mol. The second-order valence-corrected chi connectivity index (χ2v) is 5.93. The van der Waals surface area contributed by atoms with E-state index in [1.807, 2.05) is 6.07 Å². The first kappa shape index (κ1) is 12.0. The number of nitrogens with two attached hydrogens (primary N) is 1. The lowest BCUT2D eigenvalue weighted by atomic mass is 10.1. The maximum Gasteiger partial charge on any atom is 0.240 e. The molecule has 0 aliphatic heterocycles. The molecule has 17 heavy (non-hydrogen) atoms. The summed E-state index contributed by atoms with van der Waals surface area (Å²) >= 11 is 0. The third kappa shape index (κ3) is 2.47. The fourth-order valence-electron chi connectivity index (χ4n) is 1.55. The summed E-state index contributed by atoms with van der Waals surface area (Å²) in [5.74, 6) is 0. The summed E-state index contributed by atoms with van der Waals surface area (Å²) in [6.45, 7) is 1.71. The highest BCUT2D eigenvalue weighted by Crippen LogP contribution is 2.22. The zero-order valence-electron chi connectivity index (χ0n) is 9.34. The lowest BCUT2D eigenvalue weighted by Gasteiger charge is -2.07. The fraction of sp³-hybridized carbons (Fsp3) is 0.364. The predicted molar refractivity (Wildman–Crippen MR) is 62.6 cm³/mol. The Balaban J connectivity index is 2.28. The molecule has 0 radical (unpaired) electrons. The molecule has 0 spiro atoms. The van der Waals surface area contributed by atoms with Gasteiger partial charge in [0.1, 0.15) is 0 Å². The van der Waals surface area contributed by atoms with Gasteiger partial charge in [-0.2, -0.15) is 5.26 Å². The summed E-state index contributed by atoms with van der Waals surface area (Å²) in [5.41, 5.74) is 6.68. The van der Waals surface area contributed by atoms with Crippen LogP contribution >= 0.6 is 0 Å². The van der Waals surface area contributed by atoms with Crippen LogP contribution in [0, 0.1) is 18.3 Å². The van der Waals surface area contributed by atoms with Crippen LogP contribution in [0.2, 0.25) is 0 Å². The second-order valence-electron chi connectivity index (χ2n) is 4.22. The molecule has 1 aliphatic rings. The first-order valence-corrected chi connectivity index (χ1v) is 6.71. The van der Waals surface area contributed by atoms with Gasteiger partial charge in [0.25, 0.3) is 0 Å². The molecule has 2 rings (SSSR count). The van der Waals surface area contributed by atoms with Crippen LogP contribution in [0.25, 0.3) is 0 Å². The Morgan fingerprint density at radius 3 is 2.65 bits per heavy atom. The van der Waals surface area contributed by atoms with Crippen molar-refractivity contribution in [2.45, 2.75) is 30.3 Å². The SMILES string of the molecule is Cc1cc(S(=O)(=O)NC2CC2N)ccc1C#N. The van der Waals surface area contributed by atoms with E-state index in [1.165, 1.54) is 18.2 Å². The highest BCUT2D eigenvalue weighted by atomic mass is 32.2. The predicted octanol–water partition coefficient (Wildman–Crippen LogP) is 0.245. The van der Waals surface area contributed by atoms with Crippen LogP contribution in [0.1, 0.15) is 17.5 Å². The van der Waals surface area contributed by atoms with Crippen LogP contribution in [0.4, 0.5) is 0 Å². The Hall–Kier alpha value is -1.42. The van der Waals surface area contributed by atoms with Crippen molar-refractivity contribution in [2.75, 3.05) is 0 Å². The van der Waals surface area contributed by atoms with Crippen LogP contribution < -0.4 is 10.5 Å². The van der Waals surface area contributed by atoms with E-state index in [9.17, 15) is 8.42 Å². The number of hydrogen-bond acceptors (Lipinski definition) is 4. The lowest BCUT2D eigenvalue weighted by molar-refractivity contribution is 0.579. The first-order chi connectivity index (χ1) is 7.94. The van der Waals surface area contributed by atoms with Crippen LogP contribution in [0.5, 0.6) is 0 Å². The monoisotopic (exact) mass is 251 g/mol. The van der Waals surface area contributed by atoms with E-state index in [-0.39, 0.29) is 17.0 Å². The molecule has 1 saturated carbocycles. The Kier molecular flexibility index (Phi) is 2.91. The van der Waals surface area contributed by atoms with Crippen molar-refractivity contribution in [3.63, 3.8) is 0 Å². The van der Waals surface area contributed by atoms with Crippen LogP contribution in [0.15, 0.2) is 23.1 Å². The summed E-state index contributed by atoms with van der Waals surface area (Å²) in [5, 5.41) is 8.77. The largest absolute Gasteiger partial charge is 0.326 e. The van der Waals surface area contributed by atoms with E-state index in [0.29, 0.717) is 17.5 Å². The Bertz CT molecular complexity index is 589. The van der Waals surface area contributed by atoms with Gasteiger partial charge in [-0.1, -0.05) is 0 Å². The lowest BCUT2D eigenvalue weighted by Crippen LogP contribution is -2.29. The average Bonchev–Trinajstić information content (AvgIpc) is 2.93. The standard InChI is InChI=1S/C11H13N3O2S/c1-7-4-9(3-2-8(7)6-12)17(15,16)14-11-5-10(11)13/h2-4,10-11,14H,5,13H2,1H3. The molecule has 6 heteroatoms. The molecule has 1 fully saturated rings. The highest BCUT2D eigenvalue weighted by molar-refractivity contribution is 7.89. The molecule has 2 unspecified atom stereocenters. The van der Waals surface area contributed by atoms with E-state index in [2.05, 4.69) is 4.72 Å². The van der Waals surface area contributed by atoms with Gasteiger partial charge in [-0.15, -0.1) is 0 Å². The molecule has 1 aliphatic carbocycles. The third-order valence-electron chi connectivity index (χ3n) is 2.77. The van der Waals surface area contributed by atoms with Crippen molar-refractivity contribution in [1.82, 2.24) is 4.72 Å². The molecule has 3 N–H and O–H groups in total. The summed E-state index contributed by atoms with van der Waals surface area (Å²) in [6.07, 6.45) is 0.675. The zero-order chi connectivity index (χ0) is 12.6. The van der Waals surface area contributed by atoms with Gasteiger partial charge in [0.2, 0.25) is 10.0 Å². The number of rotatable bonds is 3. The van der Waals surface area contributed by atoms with Gasteiger partial charge >= 0.3 is 0 Å². The number of nitrogens with one attached hydrogen (secondary N) is 1. The number of hydrogen-bond donors (Lipinski definition) is 2. The molecule has 0 saturated heterocycles. The smallest absolute Gasteiger partial charge is 0.240 e. The second kappa shape index (κ2) is 4.11. The first-order valence-electron chi connectivity index (χ1n) is 5.23. The maximum atomic E-state index is 11.9. The normalized spacial score (nSPS) is 23.1. The van der Waals surface area contributed by atoms with Crippen molar-refractivity contribution in [3.05, 3.63) is 29.3 Å². The highest BCUT2D eigenvalue weighted by Gasteiger charge is 2.37. The Labute approximate surface area is 100 Å². The van der Waals surface area contributed by atoms with Crippen LogP contribution in [0.3, 0.4) is 0 Å². The topological polar surface area (TPSA) is 96.0 Å². The van der Waals surface area contributed by atoms with Crippen molar-refractivity contribution in [3.8, 4) is 6.07 Å². The van der Waals surface area contributed by atoms with Gasteiger partial charge in [0.15, 0.2) is 0 Å². The van der Waals surface area contributed by atoms with Gasteiger partial charge < -0.3 is 5.73 Å². The van der Waals surface area contributed by atoms with E-state index in [0.717, 1.165) is 0 Å². The molecule has 1 aromatic rings. The summed E-state index contributed by atoms with van der Waals surface area (Å²) in [7, 11) is -3.52. The molecule has 0 amide bonds. The van der Waals surface area contributed by atoms with Crippen molar-refractivity contribution in [2.24, 2.45) is 5.73 Å². The molecule has 0 aromatic heterocycles. The minimum atomic E-state index is -3.52. The Morgan fingerprint density at radius 2 is 2.18 bits per heavy atom. The third-order valence-corrected chi connectivity index (χ3v) is 4.26. The van der Waals surface area contributed by atoms with Crippen molar-refractivity contribution < 1.29 is 8.42 Å². The minimum Gasteiger partial charge on any atom is -0.326 e. The van der Waals surface area contributed by atoms with E-state index in [4.69, 9.17) is 11.0 Å². The van der Waals surface area contributed by atoms with Crippen molar-refractivity contribution in [1.29, 1.82) is 5.26 Å². The molecule has 90 valence electrons. The molecular weight excluding hydrogens is 238 g/mol. The van der Waals surface area contributed by atoms with Crippen molar-refractivity contribution >= 4 is 10.0 Å². The molecule has 1 aromatic carbocycles. The summed E-state index contributed by atoms with van der Waals surface area (Å²) < 4.78 is 26.4. The minimum absolute atomic E-state index is 0.0794. The summed E-state index contributed by atoms with van der Waals surface area (Å²) in [6, 6.07) is 6.20. The van der Waals surface area contributed by atoms with Gasteiger partial charge in [-0.25, -0.2) is 13.1 Å². The quantitative estimate of drug-likeness (QED) is 0.804. The maximum absolute atomic E-state index is 11.9. The fourth-order valence-corrected chi connectivity index (χ4v) is 2.93. The summed E-state index contributed by atoms with van der Waals surface area (Å²) in [4.78, 5) is 0.174. The van der Waals surface area contributed by atoms with Crippen LogP contribution in [-0.2, 0) is 10.0 Å².